The fourth-order valence-electron chi connectivity index (χ4n) is 8.31. The SMILES string of the molecule is C.C.CC(C)(C)c1ccc2c(N3CCOCC3)nc(-c3ccc(N)cc3)nn12.CC(C)(C)c1ccc2c(N3CCOCC3)nc(-c3ccc(NC(=O)Nc4ccc(C(=O)O)cc4)cc3)nn12.Nc1ccc(C(=O)O)cc1. The van der Waals surface area contributed by atoms with Crippen molar-refractivity contribution >= 4 is 63.4 Å². The van der Waals surface area contributed by atoms with Gasteiger partial charge in [0.15, 0.2) is 23.3 Å². The number of morpholine rings is 2. The molecule has 4 aromatic carbocycles. The summed E-state index contributed by atoms with van der Waals surface area (Å²) in [6, 6.07) is 35.1. The van der Waals surface area contributed by atoms with Crippen molar-refractivity contribution < 1.29 is 34.1 Å². The normalized spacial score (nSPS) is 13.5. The Balaban J connectivity index is 0.000000213. The summed E-state index contributed by atoms with van der Waals surface area (Å²) in [7, 11) is 0. The van der Waals surface area contributed by atoms with Crippen LogP contribution in [0.5, 0.6) is 0 Å². The van der Waals surface area contributed by atoms with Gasteiger partial charge in [0.05, 0.1) is 37.6 Å². The molecule has 0 spiro atoms. The highest BCUT2D eigenvalue weighted by Crippen LogP contribution is 2.33. The zero-order valence-corrected chi connectivity index (χ0v) is 42.4. The van der Waals surface area contributed by atoms with E-state index in [9.17, 15) is 14.4 Å². The predicted octanol–water partition coefficient (Wildman–Crippen LogP) is 10.2. The molecule has 2 fully saturated rings. The summed E-state index contributed by atoms with van der Waals surface area (Å²) in [5.74, 6) is 1.19. The number of aromatic carboxylic acids is 2. The van der Waals surface area contributed by atoms with Gasteiger partial charge in [-0.1, -0.05) is 56.4 Å². The quantitative estimate of drug-likeness (QED) is 0.0774. The number of ether oxygens (including phenoxy) is 2. The van der Waals surface area contributed by atoms with Crippen molar-refractivity contribution in [1.29, 1.82) is 0 Å². The number of carbonyl (C=O) groups is 3. The van der Waals surface area contributed by atoms with Crippen LogP contribution in [0.4, 0.5) is 39.2 Å². The zero-order valence-electron chi connectivity index (χ0n) is 42.4. The number of urea groups is 1. The first-order valence-corrected chi connectivity index (χ1v) is 24.2. The number of fused-ring (bicyclic) bond motifs is 2. The Morgan fingerprint density at radius 3 is 1.18 bits per heavy atom. The molecule has 19 heteroatoms. The zero-order chi connectivity index (χ0) is 52.7. The minimum Gasteiger partial charge on any atom is -0.478 e. The number of hydrogen-bond donors (Lipinski definition) is 6. The third-order valence-electron chi connectivity index (χ3n) is 12.3. The summed E-state index contributed by atoms with van der Waals surface area (Å²) in [5, 5.41) is 32.7. The molecule has 0 radical (unpaired) electrons. The van der Waals surface area contributed by atoms with E-state index in [2.05, 4.69) is 86.2 Å². The Labute approximate surface area is 443 Å². The largest absolute Gasteiger partial charge is 0.478 e. The highest BCUT2D eigenvalue weighted by Gasteiger charge is 2.26. The summed E-state index contributed by atoms with van der Waals surface area (Å²) in [6.45, 7) is 19.1. The Kier molecular flexibility index (Phi) is 18.1. The molecule has 400 valence electrons. The molecule has 2 aliphatic heterocycles. The van der Waals surface area contributed by atoms with E-state index >= 15 is 0 Å². The van der Waals surface area contributed by atoms with Crippen molar-refractivity contribution in [1.82, 2.24) is 29.2 Å². The van der Waals surface area contributed by atoms with Gasteiger partial charge < -0.3 is 51.6 Å². The minimum absolute atomic E-state index is 0. The van der Waals surface area contributed by atoms with Gasteiger partial charge in [0.2, 0.25) is 0 Å². The van der Waals surface area contributed by atoms with Gasteiger partial charge in [-0.15, -0.1) is 10.2 Å². The number of anilines is 6. The van der Waals surface area contributed by atoms with E-state index in [1.54, 1.807) is 36.4 Å². The highest BCUT2D eigenvalue weighted by molar-refractivity contribution is 6.00. The molecule has 0 atom stereocenters. The maximum atomic E-state index is 12.4. The fourth-order valence-corrected chi connectivity index (χ4v) is 8.31. The summed E-state index contributed by atoms with van der Waals surface area (Å²) in [5.41, 5.74) is 19.9. The van der Waals surface area contributed by atoms with Crippen LogP contribution in [0.3, 0.4) is 0 Å². The van der Waals surface area contributed by atoms with Crippen LogP contribution in [0.15, 0.2) is 121 Å². The second kappa shape index (κ2) is 24.2. The second-order valence-electron chi connectivity index (χ2n) is 19.8. The van der Waals surface area contributed by atoms with Gasteiger partial charge in [0.1, 0.15) is 11.0 Å². The summed E-state index contributed by atoms with van der Waals surface area (Å²) >= 11 is 0. The van der Waals surface area contributed by atoms with Crippen molar-refractivity contribution in [2.24, 2.45) is 0 Å². The predicted molar refractivity (Wildman–Crippen MR) is 302 cm³/mol. The number of nitrogens with two attached hydrogens (primary N) is 2. The van der Waals surface area contributed by atoms with E-state index in [0.717, 1.165) is 84.6 Å². The molecule has 10 rings (SSSR count). The smallest absolute Gasteiger partial charge is 0.335 e. The number of aromatic nitrogens is 6. The van der Waals surface area contributed by atoms with Gasteiger partial charge in [-0.25, -0.2) is 33.4 Å². The number of nitrogens with zero attached hydrogens (tertiary/aromatic N) is 8. The Morgan fingerprint density at radius 1 is 0.500 bits per heavy atom. The number of carboxylic acids is 2. The van der Waals surface area contributed by atoms with Crippen LogP contribution in [-0.4, -0.2) is 110 Å². The molecule has 8 aromatic rings. The summed E-state index contributed by atoms with van der Waals surface area (Å²) in [6.07, 6.45) is 0. The number of carbonyl (C=O) groups excluding carboxylic acids is 1. The molecule has 0 unspecified atom stereocenters. The fraction of sp³-hybridized carbons (Fsp3) is 0.316. The Hall–Kier alpha value is -8.55. The topological polar surface area (TPSA) is 253 Å². The molecular weight excluding hydrogens is 965 g/mol. The lowest BCUT2D eigenvalue weighted by molar-refractivity contribution is 0.0686. The average molecular weight is 1040 g/mol. The van der Waals surface area contributed by atoms with Crippen LogP contribution in [0, 0.1) is 0 Å². The molecule has 76 heavy (non-hydrogen) atoms. The molecule has 2 aliphatic rings. The van der Waals surface area contributed by atoms with E-state index in [0.29, 0.717) is 41.9 Å². The number of benzene rings is 4. The van der Waals surface area contributed by atoms with Crippen molar-refractivity contribution in [2.75, 3.05) is 84.5 Å². The Bertz CT molecular complexity index is 3240. The molecule has 0 saturated carbocycles. The molecule has 0 aliphatic carbocycles. The van der Waals surface area contributed by atoms with Crippen LogP contribution in [0.25, 0.3) is 33.8 Å². The second-order valence-corrected chi connectivity index (χ2v) is 19.8. The molecule has 6 heterocycles. The van der Waals surface area contributed by atoms with Gasteiger partial charge >= 0.3 is 18.0 Å². The van der Waals surface area contributed by atoms with Crippen LogP contribution in [-0.2, 0) is 20.3 Å². The van der Waals surface area contributed by atoms with Gasteiger partial charge in [0.25, 0.3) is 0 Å². The highest BCUT2D eigenvalue weighted by atomic mass is 16.5. The number of nitrogens with one attached hydrogen (secondary N) is 2. The lowest BCUT2D eigenvalue weighted by Crippen LogP contribution is -2.37. The lowest BCUT2D eigenvalue weighted by atomic mass is 9.92. The molecule has 19 nitrogen and oxygen atoms in total. The van der Waals surface area contributed by atoms with Crippen LogP contribution >= 0.6 is 0 Å². The van der Waals surface area contributed by atoms with Crippen molar-refractivity contribution in [2.45, 2.75) is 67.2 Å². The van der Waals surface area contributed by atoms with Gasteiger partial charge in [-0.05, 0) is 121 Å². The monoisotopic (exact) mass is 1030 g/mol. The molecule has 8 N–H and O–H groups in total. The number of carboxylic acid groups (broad SMARTS) is 2. The molecule has 2 saturated heterocycles. The van der Waals surface area contributed by atoms with Crippen molar-refractivity contribution in [3.63, 3.8) is 0 Å². The maximum absolute atomic E-state index is 12.4. The third kappa shape index (κ3) is 13.6. The maximum Gasteiger partial charge on any atom is 0.335 e. The van der Waals surface area contributed by atoms with E-state index in [1.165, 1.54) is 30.0 Å². The van der Waals surface area contributed by atoms with Crippen LogP contribution in [0.1, 0.15) is 88.5 Å². The summed E-state index contributed by atoms with van der Waals surface area (Å²) in [4.78, 5) is 48.1. The van der Waals surface area contributed by atoms with Gasteiger partial charge in [-0.2, -0.15) is 0 Å². The number of hydrogen-bond acceptors (Lipinski definition) is 13. The molecule has 4 aromatic heterocycles. The lowest BCUT2D eigenvalue weighted by Gasteiger charge is -2.29. The van der Waals surface area contributed by atoms with E-state index in [1.807, 2.05) is 45.4 Å². The Morgan fingerprint density at radius 2 is 0.829 bits per heavy atom. The number of rotatable bonds is 8. The summed E-state index contributed by atoms with van der Waals surface area (Å²) < 4.78 is 15.1. The minimum atomic E-state index is -1.02. The van der Waals surface area contributed by atoms with E-state index in [-0.39, 0.29) is 36.8 Å². The van der Waals surface area contributed by atoms with E-state index in [4.69, 9.17) is 51.3 Å². The molecule has 0 bridgehead atoms. The van der Waals surface area contributed by atoms with Gasteiger partial charge in [-0.3, -0.25) is 0 Å². The third-order valence-corrected chi connectivity index (χ3v) is 12.3. The van der Waals surface area contributed by atoms with E-state index < -0.39 is 18.0 Å². The first kappa shape index (κ1) is 56.7. The number of amides is 2. The standard InChI is InChI=1S/C28H30N6O4.C20H25N5O.C7H7NO2.2CH4/c1-28(2,3)23-13-12-22-25(33-14-16-38-17-15-33)31-24(32-34(22)23)18-4-8-20(9-5-18)29-27(37)30-21-10-6-19(7-11-21)26(35)36;1-20(2,3)17-9-8-16-19(24-10-12-26-13-11-24)22-18(23-25(16)17)14-4-6-15(21)7-5-14;8-6-3-1-5(2-4-6)7(9)10;;/h4-13H,14-17H2,1-3H3,(H,35,36)(H2,29,30,37);4-9H,10-13,21H2,1-3H3;1-4H,8H2,(H,9,10);2*1H4. The van der Waals surface area contributed by atoms with Crippen molar-refractivity contribution in [3.05, 3.63) is 144 Å². The first-order chi connectivity index (χ1) is 35.3. The average Bonchev–Trinajstić information content (AvgIpc) is 4.07. The van der Waals surface area contributed by atoms with Crippen LogP contribution < -0.4 is 31.9 Å². The molecular formula is C57H70N12O7. The van der Waals surface area contributed by atoms with Crippen molar-refractivity contribution in [3.8, 4) is 22.8 Å². The molecule has 2 amide bonds. The van der Waals surface area contributed by atoms with Crippen LogP contribution in [0.2, 0.25) is 0 Å². The van der Waals surface area contributed by atoms with Gasteiger partial charge in [0, 0.05) is 82.3 Å². The first-order valence-electron chi connectivity index (χ1n) is 24.2. The number of nitrogen functional groups attached to an aromatic ring is 2.